The zero-order valence-corrected chi connectivity index (χ0v) is 11.6. The second kappa shape index (κ2) is 5.71. The molecule has 106 valence electrons. The van der Waals surface area contributed by atoms with Crippen LogP contribution in [0.15, 0.2) is 24.5 Å². The second-order valence-electron chi connectivity index (χ2n) is 5.49. The van der Waals surface area contributed by atoms with E-state index in [-0.39, 0.29) is 5.82 Å². The molecule has 0 aliphatic carbocycles. The van der Waals surface area contributed by atoms with Crippen LogP contribution in [0.3, 0.4) is 0 Å². The maximum Gasteiger partial charge on any atom is 0.149 e. The summed E-state index contributed by atoms with van der Waals surface area (Å²) in [6, 6.07) is 4.98. The number of para-hydroxylation sites is 1. The van der Waals surface area contributed by atoms with Crippen LogP contribution >= 0.6 is 0 Å². The van der Waals surface area contributed by atoms with E-state index in [9.17, 15) is 4.39 Å². The SMILES string of the molecule is CN1CCC(CNc2ncnc3c(F)cccc23)CC1. The number of nitrogens with one attached hydrogen (secondary N) is 1. The number of anilines is 1. The molecule has 5 heteroatoms. The lowest BCUT2D eigenvalue weighted by Gasteiger charge is -2.29. The maximum atomic E-state index is 13.7. The Morgan fingerprint density at radius 1 is 1.30 bits per heavy atom. The zero-order valence-electron chi connectivity index (χ0n) is 11.6. The smallest absolute Gasteiger partial charge is 0.149 e. The number of fused-ring (bicyclic) bond motifs is 1. The molecule has 0 radical (unpaired) electrons. The van der Waals surface area contributed by atoms with Crippen molar-refractivity contribution in [1.82, 2.24) is 14.9 Å². The van der Waals surface area contributed by atoms with E-state index in [1.54, 1.807) is 6.07 Å². The highest BCUT2D eigenvalue weighted by atomic mass is 19.1. The van der Waals surface area contributed by atoms with Crippen LogP contribution in [0.25, 0.3) is 10.9 Å². The van der Waals surface area contributed by atoms with Gasteiger partial charge in [0.05, 0.1) is 0 Å². The molecule has 0 saturated carbocycles. The Hall–Kier alpha value is -1.75. The first-order chi connectivity index (χ1) is 9.74. The van der Waals surface area contributed by atoms with Crippen LogP contribution in [0.5, 0.6) is 0 Å². The number of hydrogen-bond acceptors (Lipinski definition) is 4. The molecule has 1 aliphatic heterocycles. The molecule has 4 nitrogen and oxygen atoms in total. The number of nitrogens with zero attached hydrogens (tertiary/aromatic N) is 3. The highest BCUT2D eigenvalue weighted by Crippen LogP contribution is 2.22. The Morgan fingerprint density at radius 2 is 2.10 bits per heavy atom. The lowest BCUT2D eigenvalue weighted by Crippen LogP contribution is -2.33. The molecule has 2 heterocycles. The summed E-state index contributed by atoms with van der Waals surface area (Å²) in [6.07, 6.45) is 3.81. The molecule has 1 aromatic heterocycles. The summed E-state index contributed by atoms with van der Waals surface area (Å²) in [5.41, 5.74) is 0.383. The highest BCUT2D eigenvalue weighted by Gasteiger charge is 2.17. The largest absolute Gasteiger partial charge is 0.369 e. The Morgan fingerprint density at radius 3 is 2.90 bits per heavy atom. The van der Waals surface area contributed by atoms with E-state index < -0.39 is 0 Å². The quantitative estimate of drug-likeness (QED) is 0.933. The maximum absolute atomic E-state index is 13.7. The van der Waals surface area contributed by atoms with Gasteiger partial charge in [-0.05, 0) is 51.0 Å². The fraction of sp³-hybridized carbons (Fsp3) is 0.467. The van der Waals surface area contributed by atoms with Crippen molar-refractivity contribution in [3.05, 3.63) is 30.3 Å². The minimum Gasteiger partial charge on any atom is -0.369 e. The van der Waals surface area contributed by atoms with Gasteiger partial charge in [-0.2, -0.15) is 0 Å². The van der Waals surface area contributed by atoms with Gasteiger partial charge < -0.3 is 10.2 Å². The third-order valence-electron chi connectivity index (χ3n) is 4.01. The number of piperidine rings is 1. The van der Waals surface area contributed by atoms with Crippen LogP contribution in [-0.2, 0) is 0 Å². The monoisotopic (exact) mass is 274 g/mol. The Balaban J connectivity index is 1.73. The van der Waals surface area contributed by atoms with E-state index in [4.69, 9.17) is 0 Å². The second-order valence-corrected chi connectivity index (χ2v) is 5.49. The third-order valence-corrected chi connectivity index (χ3v) is 4.01. The number of benzene rings is 1. The summed E-state index contributed by atoms with van der Waals surface area (Å²) in [6.45, 7) is 3.17. The molecule has 0 bridgehead atoms. The van der Waals surface area contributed by atoms with Gasteiger partial charge in [-0.3, -0.25) is 0 Å². The lowest BCUT2D eigenvalue weighted by atomic mass is 9.97. The van der Waals surface area contributed by atoms with E-state index in [0.717, 1.165) is 30.8 Å². The van der Waals surface area contributed by atoms with Gasteiger partial charge in [0.1, 0.15) is 23.5 Å². The van der Waals surface area contributed by atoms with Crippen molar-refractivity contribution in [3.63, 3.8) is 0 Å². The van der Waals surface area contributed by atoms with Crippen LogP contribution in [0.1, 0.15) is 12.8 Å². The summed E-state index contributed by atoms with van der Waals surface area (Å²) < 4.78 is 13.7. The van der Waals surface area contributed by atoms with Gasteiger partial charge in [0.2, 0.25) is 0 Å². The zero-order chi connectivity index (χ0) is 13.9. The number of likely N-dealkylation sites (tertiary alicyclic amines) is 1. The molecule has 0 atom stereocenters. The third kappa shape index (κ3) is 2.72. The van der Waals surface area contributed by atoms with Gasteiger partial charge in [0.15, 0.2) is 0 Å². The molecular formula is C15H19FN4. The summed E-state index contributed by atoms with van der Waals surface area (Å²) in [5.74, 6) is 1.09. The summed E-state index contributed by atoms with van der Waals surface area (Å²) in [7, 11) is 2.16. The summed E-state index contributed by atoms with van der Waals surface area (Å²) >= 11 is 0. The molecule has 0 unspecified atom stereocenters. The lowest BCUT2D eigenvalue weighted by molar-refractivity contribution is 0.226. The molecule has 20 heavy (non-hydrogen) atoms. The van der Waals surface area contributed by atoms with E-state index in [1.807, 2.05) is 6.07 Å². The van der Waals surface area contributed by atoms with Crippen molar-refractivity contribution >= 4 is 16.7 Å². The normalized spacial score (nSPS) is 17.5. The van der Waals surface area contributed by atoms with Gasteiger partial charge in [-0.25, -0.2) is 14.4 Å². The molecule has 1 N–H and O–H groups in total. The van der Waals surface area contributed by atoms with Gasteiger partial charge in [-0.1, -0.05) is 6.07 Å². The van der Waals surface area contributed by atoms with Crippen LogP contribution in [-0.4, -0.2) is 41.5 Å². The highest BCUT2D eigenvalue weighted by molar-refractivity contribution is 5.89. The molecule has 1 saturated heterocycles. The molecular weight excluding hydrogens is 255 g/mol. The molecule has 1 fully saturated rings. The van der Waals surface area contributed by atoms with Gasteiger partial charge in [-0.15, -0.1) is 0 Å². The first-order valence-electron chi connectivity index (χ1n) is 7.05. The van der Waals surface area contributed by atoms with Crippen LogP contribution < -0.4 is 5.32 Å². The Labute approximate surface area is 118 Å². The summed E-state index contributed by atoms with van der Waals surface area (Å²) in [5, 5.41) is 4.11. The first kappa shape index (κ1) is 13.2. The standard InChI is InChI=1S/C15H19FN4/c1-20-7-5-11(6-8-20)9-17-15-12-3-2-4-13(16)14(12)18-10-19-15/h2-4,10-11H,5-9H2,1H3,(H,17,18,19). The van der Waals surface area contributed by atoms with Crippen molar-refractivity contribution in [2.45, 2.75) is 12.8 Å². The van der Waals surface area contributed by atoms with E-state index in [1.165, 1.54) is 25.2 Å². The molecule has 1 aliphatic rings. The number of rotatable bonds is 3. The average Bonchev–Trinajstić information content (AvgIpc) is 2.47. The molecule has 0 amide bonds. The first-order valence-corrected chi connectivity index (χ1v) is 7.05. The van der Waals surface area contributed by atoms with Crippen molar-refractivity contribution in [1.29, 1.82) is 0 Å². The fourth-order valence-corrected chi connectivity index (χ4v) is 2.70. The van der Waals surface area contributed by atoms with Crippen LogP contribution in [0.4, 0.5) is 10.2 Å². The fourth-order valence-electron chi connectivity index (χ4n) is 2.70. The minimum atomic E-state index is -0.299. The van der Waals surface area contributed by atoms with Crippen molar-refractivity contribution in [3.8, 4) is 0 Å². The van der Waals surface area contributed by atoms with Crippen LogP contribution in [0.2, 0.25) is 0 Å². The minimum absolute atomic E-state index is 0.299. The summed E-state index contributed by atoms with van der Waals surface area (Å²) in [4.78, 5) is 10.6. The molecule has 0 spiro atoms. The van der Waals surface area contributed by atoms with Gasteiger partial charge in [0.25, 0.3) is 0 Å². The van der Waals surface area contributed by atoms with E-state index in [2.05, 4.69) is 27.2 Å². The molecule has 2 aromatic rings. The van der Waals surface area contributed by atoms with Gasteiger partial charge >= 0.3 is 0 Å². The predicted molar refractivity (Wildman–Crippen MR) is 78.2 cm³/mol. The number of aromatic nitrogens is 2. The van der Waals surface area contributed by atoms with Crippen molar-refractivity contribution in [2.24, 2.45) is 5.92 Å². The van der Waals surface area contributed by atoms with Gasteiger partial charge in [0, 0.05) is 11.9 Å². The van der Waals surface area contributed by atoms with E-state index in [0.29, 0.717) is 11.4 Å². The van der Waals surface area contributed by atoms with Crippen molar-refractivity contribution in [2.75, 3.05) is 32.0 Å². The topological polar surface area (TPSA) is 41.0 Å². The molecule has 3 rings (SSSR count). The average molecular weight is 274 g/mol. The predicted octanol–water partition coefficient (Wildman–Crippen LogP) is 2.52. The van der Waals surface area contributed by atoms with Crippen LogP contribution in [0, 0.1) is 11.7 Å². The number of halogens is 1. The van der Waals surface area contributed by atoms with E-state index >= 15 is 0 Å². The Kier molecular flexibility index (Phi) is 3.78. The molecule has 1 aromatic carbocycles. The number of hydrogen-bond donors (Lipinski definition) is 1. The Bertz CT molecular complexity index is 593. The van der Waals surface area contributed by atoms with Crippen molar-refractivity contribution < 1.29 is 4.39 Å².